The van der Waals surface area contributed by atoms with Gasteiger partial charge >= 0.3 is 6.01 Å². The average molecular weight is 664 g/mol. The van der Waals surface area contributed by atoms with Crippen LogP contribution in [-0.2, 0) is 13.0 Å². The van der Waals surface area contributed by atoms with Crippen LogP contribution in [0.2, 0.25) is 0 Å². The molecule has 5 atom stereocenters. The molecule has 6 aliphatic rings. The number of anilines is 2. The molecule has 2 N–H and O–H groups in total. The molecular weight excluding hydrogens is 623 g/mol. The lowest BCUT2D eigenvalue weighted by atomic mass is 9.88. The lowest BCUT2D eigenvalue weighted by molar-refractivity contribution is 0.0808. The molecule has 232 valence electrons. The lowest BCUT2D eigenvalue weighted by Gasteiger charge is -2.38. The Labute approximate surface area is 266 Å². The number of hydrogen-bond acceptors (Lipinski definition) is 8. The molecule has 0 spiro atoms. The highest BCUT2D eigenvalue weighted by molar-refractivity contribution is 9.10. The molecule has 2 aromatic carbocycles. The summed E-state index contributed by atoms with van der Waals surface area (Å²) in [5, 5.41) is 16.5. The van der Waals surface area contributed by atoms with Crippen LogP contribution in [0.15, 0.2) is 34.8 Å². The van der Waals surface area contributed by atoms with Gasteiger partial charge in [-0.1, -0.05) is 28.1 Å². The second-order valence-corrected chi connectivity index (χ2v) is 15.1. The summed E-state index contributed by atoms with van der Waals surface area (Å²) in [6.07, 6.45) is 8.48. The number of nitrogens with one attached hydrogen (secondary N) is 1. The third-order valence-electron chi connectivity index (χ3n) is 11.6. The molecule has 5 aliphatic heterocycles. The van der Waals surface area contributed by atoms with Gasteiger partial charge in [0.05, 0.1) is 17.8 Å². The molecular formula is C34H40BrFN6O2. The number of ether oxygens (including phenoxy) is 1. The quantitative estimate of drug-likeness (QED) is 0.372. The molecule has 3 aromatic rings. The zero-order valence-electron chi connectivity index (χ0n) is 25.1. The number of rotatable bonds is 5. The maximum absolute atomic E-state index is 16.0. The van der Waals surface area contributed by atoms with E-state index in [9.17, 15) is 5.11 Å². The predicted molar refractivity (Wildman–Crippen MR) is 173 cm³/mol. The first kappa shape index (κ1) is 27.6. The van der Waals surface area contributed by atoms with Crippen molar-refractivity contribution in [3.8, 4) is 11.8 Å². The van der Waals surface area contributed by atoms with Crippen molar-refractivity contribution in [2.75, 3.05) is 42.6 Å². The van der Waals surface area contributed by atoms with Crippen LogP contribution in [0.5, 0.6) is 11.8 Å². The molecule has 2 bridgehead atoms. The minimum atomic E-state index is -1.08. The molecule has 5 fully saturated rings. The first-order valence-electron chi connectivity index (χ1n) is 16.5. The Morgan fingerprint density at radius 3 is 2.77 bits per heavy atom. The van der Waals surface area contributed by atoms with Gasteiger partial charge < -0.3 is 25.0 Å². The van der Waals surface area contributed by atoms with Crippen molar-refractivity contribution in [2.45, 2.75) is 93.7 Å². The van der Waals surface area contributed by atoms with Crippen molar-refractivity contribution in [2.24, 2.45) is 0 Å². The van der Waals surface area contributed by atoms with Gasteiger partial charge in [-0.3, -0.25) is 4.90 Å². The van der Waals surface area contributed by atoms with Gasteiger partial charge in [0.2, 0.25) is 0 Å². The van der Waals surface area contributed by atoms with Crippen LogP contribution >= 0.6 is 15.9 Å². The molecule has 4 saturated heterocycles. The van der Waals surface area contributed by atoms with Gasteiger partial charge in [-0.2, -0.15) is 9.97 Å². The summed E-state index contributed by atoms with van der Waals surface area (Å²) in [4.78, 5) is 17.4. The summed E-state index contributed by atoms with van der Waals surface area (Å²) >= 11 is 3.76. The van der Waals surface area contributed by atoms with E-state index in [-0.39, 0.29) is 17.3 Å². The van der Waals surface area contributed by atoms with Gasteiger partial charge in [0, 0.05) is 71.4 Å². The molecule has 1 saturated carbocycles. The van der Waals surface area contributed by atoms with Crippen molar-refractivity contribution < 1.29 is 14.2 Å². The summed E-state index contributed by atoms with van der Waals surface area (Å²) in [5.41, 5.74) is 1.84. The highest BCUT2D eigenvalue weighted by atomic mass is 79.9. The normalized spacial score (nSPS) is 32.7. The number of aromatic hydroxyl groups is 1. The molecule has 10 heteroatoms. The predicted octanol–water partition coefficient (Wildman–Crippen LogP) is 5.48. The molecule has 44 heavy (non-hydrogen) atoms. The van der Waals surface area contributed by atoms with Crippen molar-refractivity contribution >= 4 is 38.2 Å². The second kappa shape index (κ2) is 10.2. The largest absolute Gasteiger partial charge is 0.508 e. The van der Waals surface area contributed by atoms with Gasteiger partial charge in [-0.15, -0.1) is 0 Å². The topological polar surface area (TPSA) is 77.0 Å². The maximum Gasteiger partial charge on any atom is 0.318 e. The molecule has 6 heterocycles. The van der Waals surface area contributed by atoms with Gasteiger partial charge in [-0.05, 0) is 75.4 Å². The Morgan fingerprint density at radius 1 is 1.05 bits per heavy atom. The van der Waals surface area contributed by atoms with E-state index in [1.54, 1.807) is 0 Å². The fourth-order valence-corrected chi connectivity index (χ4v) is 10.3. The van der Waals surface area contributed by atoms with Gasteiger partial charge in [0.15, 0.2) is 0 Å². The number of fused-ring (bicyclic) bond motifs is 7. The van der Waals surface area contributed by atoms with Crippen LogP contribution in [0.4, 0.5) is 15.9 Å². The second-order valence-electron chi connectivity index (χ2n) is 14.2. The number of aromatic nitrogens is 2. The van der Waals surface area contributed by atoms with E-state index < -0.39 is 5.67 Å². The van der Waals surface area contributed by atoms with Gasteiger partial charge in [-0.25, -0.2) is 4.39 Å². The Kier molecular flexibility index (Phi) is 6.37. The van der Waals surface area contributed by atoms with Crippen molar-refractivity contribution in [3.05, 3.63) is 46.1 Å². The standard InChI is InChI=1S/C34H40BrFN6O2/c35-26-5-1-4-21-14-24(43)15-28(30(21)26)40-13-9-25-27(18-40)38-32(39-31(25)41-16-22-7-8-23(17-41)37-22)44-20-33-10-3-12-42(33)29-6-2-11-34(29,36)19-33/h1,4-5,14-15,22-23,29,37,43H,2-3,6-13,16-20H2/t22?,23?,29-,33-,34+/m1/s1. The van der Waals surface area contributed by atoms with Crippen molar-refractivity contribution in [1.82, 2.24) is 20.2 Å². The van der Waals surface area contributed by atoms with Crippen LogP contribution in [0, 0.1) is 0 Å². The molecule has 1 aliphatic carbocycles. The highest BCUT2D eigenvalue weighted by Gasteiger charge is 2.63. The molecule has 0 radical (unpaired) electrons. The Balaban J connectivity index is 1.07. The van der Waals surface area contributed by atoms with E-state index in [1.807, 2.05) is 24.3 Å². The zero-order chi connectivity index (χ0) is 29.6. The Morgan fingerprint density at radius 2 is 1.91 bits per heavy atom. The summed E-state index contributed by atoms with van der Waals surface area (Å²) in [7, 11) is 0. The van der Waals surface area contributed by atoms with E-state index >= 15 is 4.39 Å². The Hall–Kier alpha value is -2.69. The number of piperazine rings is 1. The minimum Gasteiger partial charge on any atom is -0.508 e. The van der Waals surface area contributed by atoms with Crippen LogP contribution in [-0.4, -0.2) is 82.1 Å². The smallest absolute Gasteiger partial charge is 0.318 e. The maximum atomic E-state index is 16.0. The average Bonchev–Trinajstić information content (AvgIpc) is 3.73. The van der Waals surface area contributed by atoms with Crippen molar-refractivity contribution in [3.63, 3.8) is 0 Å². The van der Waals surface area contributed by atoms with Crippen molar-refractivity contribution in [1.29, 1.82) is 0 Å². The highest BCUT2D eigenvalue weighted by Crippen LogP contribution is 2.55. The Bertz CT molecular complexity index is 1630. The molecule has 2 unspecified atom stereocenters. The number of nitrogens with zero attached hydrogens (tertiary/aromatic N) is 5. The van der Waals surface area contributed by atoms with E-state index in [4.69, 9.17) is 14.7 Å². The number of phenols is 1. The number of halogens is 2. The molecule has 1 aromatic heterocycles. The number of hydrogen-bond donors (Lipinski definition) is 2. The van der Waals surface area contributed by atoms with Crippen LogP contribution in [0.1, 0.15) is 62.6 Å². The van der Waals surface area contributed by atoms with Gasteiger partial charge in [0.1, 0.15) is 23.8 Å². The first-order valence-corrected chi connectivity index (χ1v) is 17.3. The van der Waals surface area contributed by atoms with Crippen LogP contribution in [0.25, 0.3) is 10.8 Å². The van der Waals surface area contributed by atoms with Gasteiger partial charge in [0.25, 0.3) is 0 Å². The lowest BCUT2D eigenvalue weighted by Crippen LogP contribution is -2.52. The summed E-state index contributed by atoms with van der Waals surface area (Å²) in [5.74, 6) is 1.27. The molecule has 8 nitrogen and oxygen atoms in total. The SMILES string of the molecule is Oc1cc(N2CCc3c(nc(OC[C@]45CCCN4[C@@H]4CCC[C@]4(F)C5)nc3N3CC4CCC(C3)N4)C2)c2c(Br)cccc2c1. The van der Waals surface area contributed by atoms with Crippen LogP contribution in [0.3, 0.4) is 0 Å². The molecule has 9 rings (SSSR count). The third kappa shape index (κ3) is 4.34. The van der Waals surface area contributed by atoms with E-state index in [2.05, 4.69) is 42.0 Å². The van der Waals surface area contributed by atoms with E-state index in [0.29, 0.717) is 44.1 Å². The summed E-state index contributed by atoms with van der Waals surface area (Å²) in [6, 6.07) is 11.2. The summed E-state index contributed by atoms with van der Waals surface area (Å²) < 4.78 is 23.6. The fraction of sp³-hybridized carbons (Fsp3) is 0.588. The zero-order valence-corrected chi connectivity index (χ0v) is 26.7. The monoisotopic (exact) mass is 662 g/mol. The number of benzene rings is 2. The van der Waals surface area contributed by atoms with E-state index in [1.165, 1.54) is 18.4 Å². The first-order chi connectivity index (χ1) is 21.4. The molecule has 0 amide bonds. The fourth-order valence-electron chi connectivity index (χ4n) is 9.73. The third-order valence-corrected chi connectivity index (χ3v) is 12.2. The summed E-state index contributed by atoms with van der Waals surface area (Å²) in [6.45, 7) is 4.69. The van der Waals surface area contributed by atoms with Crippen LogP contribution < -0.4 is 19.9 Å². The minimum absolute atomic E-state index is 0.0370. The number of alkyl halides is 1. The number of phenolic OH excluding ortho intramolecular Hbond substituents is 1. The van der Waals surface area contributed by atoms with E-state index in [0.717, 1.165) is 90.7 Å².